The predicted octanol–water partition coefficient (Wildman–Crippen LogP) is 1.72. The van der Waals surface area contributed by atoms with Gasteiger partial charge in [0, 0.05) is 30.9 Å². The van der Waals surface area contributed by atoms with E-state index in [1.54, 1.807) is 0 Å². The Morgan fingerprint density at radius 1 is 1.44 bits per heavy atom. The van der Waals surface area contributed by atoms with E-state index in [9.17, 15) is 5.11 Å². The average molecular weight is 251 g/mol. The summed E-state index contributed by atoms with van der Waals surface area (Å²) in [7, 11) is 0. The largest absolute Gasteiger partial charge is 0.393 e. The van der Waals surface area contributed by atoms with Gasteiger partial charge in [-0.2, -0.15) is 5.10 Å². The predicted molar refractivity (Wildman–Crippen MR) is 72.4 cm³/mol. The van der Waals surface area contributed by atoms with E-state index in [1.165, 1.54) is 11.3 Å². The van der Waals surface area contributed by atoms with Crippen molar-refractivity contribution in [2.75, 3.05) is 13.1 Å². The minimum absolute atomic E-state index is 0.185. The van der Waals surface area contributed by atoms with Crippen LogP contribution in [0.15, 0.2) is 0 Å². The molecule has 1 saturated heterocycles. The molecule has 0 spiro atoms. The van der Waals surface area contributed by atoms with Gasteiger partial charge in [-0.1, -0.05) is 0 Å². The minimum Gasteiger partial charge on any atom is -0.393 e. The van der Waals surface area contributed by atoms with E-state index in [1.807, 2.05) is 6.92 Å². The third-order valence-corrected chi connectivity index (χ3v) is 4.20. The van der Waals surface area contributed by atoms with E-state index >= 15 is 0 Å². The number of hydrogen-bond acceptors (Lipinski definition) is 3. The van der Waals surface area contributed by atoms with Crippen molar-refractivity contribution >= 4 is 0 Å². The molecule has 2 atom stereocenters. The van der Waals surface area contributed by atoms with E-state index in [-0.39, 0.29) is 6.10 Å². The zero-order chi connectivity index (χ0) is 13.3. The Morgan fingerprint density at radius 3 is 2.67 bits per heavy atom. The number of rotatable bonds is 4. The van der Waals surface area contributed by atoms with Gasteiger partial charge in [0.05, 0.1) is 11.8 Å². The Kier molecular flexibility index (Phi) is 4.07. The van der Waals surface area contributed by atoms with Crippen LogP contribution in [0.1, 0.15) is 37.2 Å². The van der Waals surface area contributed by atoms with Crippen LogP contribution in [0, 0.1) is 19.8 Å². The molecule has 0 bridgehead atoms. The monoisotopic (exact) mass is 251 g/mol. The molecular weight excluding hydrogens is 226 g/mol. The summed E-state index contributed by atoms with van der Waals surface area (Å²) in [6.45, 7) is 12.3. The van der Waals surface area contributed by atoms with Gasteiger partial charge in [0.2, 0.25) is 0 Å². The second-order valence-electron chi connectivity index (χ2n) is 5.49. The number of hydrogen-bond donors (Lipinski definition) is 1. The van der Waals surface area contributed by atoms with E-state index in [0.717, 1.165) is 38.3 Å². The molecule has 1 aliphatic rings. The van der Waals surface area contributed by atoms with Crippen LogP contribution in [0.4, 0.5) is 0 Å². The standard InChI is InChI=1S/C14H25N3O/c1-5-17-11(3)14(10(2)15-17)9-16-7-6-13(8-16)12(4)18/h12-13,18H,5-9H2,1-4H3. The molecule has 1 fully saturated rings. The van der Waals surface area contributed by atoms with Gasteiger partial charge in [-0.3, -0.25) is 9.58 Å². The van der Waals surface area contributed by atoms with Crippen LogP contribution in [0.2, 0.25) is 0 Å². The van der Waals surface area contributed by atoms with Gasteiger partial charge in [0.25, 0.3) is 0 Å². The van der Waals surface area contributed by atoms with Gasteiger partial charge in [-0.15, -0.1) is 0 Å². The first-order chi connectivity index (χ1) is 8.52. The molecule has 0 aliphatic carbocycles. The van der Waals surface area contributed by atoms with Crippen LogP contribution in [0.3, 0.4) is 0 Å². The summed E-state index contributed by atoms with van der Waals surface area (Å²) in [5.41, 5.74) is 3.80. The zero-order valence-electron chi connectivity index (χ0n) is 12.0. The van der Waals surface area contributed by atoms with Crippen LogP contribution in [-0.4, -0.2) is 39.0 Å². The Morgan fingerprint density at radius 2 is 2.17 bits per heavy atom. The molecule has 2 heterocycles. The van der Waals surface area contributed by atoms with Crippen molar-refractivity contribution < 1.29 is 5.11 Å². The van der Waals surface area contributed by atoms with E-state index in [2.05, 4.69) is 35.5 Å². The fourth-order valence-corrected chi connectivity index (χ4v) is 2.89. The highest BCUT2D eigenvalue weighted by molar-refractivity contribution is 5.24. The quantitative estimate of drug-likeness (QED) is 0.886. The molecule has 2 rings (SSSR count). The number of aromatic nitrogens is 2. The number of nitrogens with zero attached hydrogens (tertiary/aromatic N) is 3. The van der Waals surface area contributed by atoms with E-state index in [4.69, 9.17) is 0 Å². The molecule has 1 N–H and O–H groups in total. The number of likely N-dealkylation sites (tertiary alicyclic amines) is 1. The summed E-state index contributed by atoms with van der Waals surface area (Å²) < 4.78 is 2.08. The fourth-order valence-electron chi connectivity index (χ4n) is 2.89. The first-order valence-corrected chi connectivity index (χ1v) is 6.96. The summed E-state index contributed by atoms with van der Waals surface area (Å²) >= 11 is 0. The maximum absolute atomic E-state index is 9.64. The highest BCUT2D eigenvalue weighted by atomic mass is 16.3. The maximum Gasteiger partial charge on any atom is 0.0641 e. The Hall–Kier alpha value is -0.870. The van der Waals surface area contributed by atoms with Crippen molar-refractivity contribution in [1.29, 1.82) is 0 Å². The first-order valence-electron chi connectivity index (χ1n) is 6.96. The van der Waals surface area contributed by atoms with Crippen LogP contribution < -0.4 is 0 Å². The third-order valence-electron chi connectivity index (χ3n) is 4.20. The zero-order valence-corrected chi connectivity index (χ0v) is 12.0. The lowest BCUT2D eigenvalue weighted by Gasteiger charge is -2.17. The highest BCUT2D eigenvalue weighted by Gasteiger charge is 2.27. The van der Waals surface area contributed by atoms with Crippen molar-refractivity contribution in [3.8, 4) is 0 Å². The second kappa shape index (κ2) is 5.41. The normalized spacial score (nSPS) is 22.6. The van der Waals surface area contributed by atoms with Gasteiger partial charge in [-0.25, -0.2) is 0 Å². The number of aryl methyl sites for hydroxylation is 2. The lowest BCUT2D eigenvalue weighted by Crippen LogP contribution is -2.24. The first kappa shape index (κ1) is 13.6. The van der Waals surface area contributed by atoms with E-state index < -0.39 is 0 Å². The third kappa shape index (κ3) is 2.59. The summed E-state index contributed by atoms with van der Waals surface area (Å²) in [6.07, 6.45) is 0.924. The molecule has 4 heteroatoms. The lowest BCUT2D eigenvalue weighted by atomic mass is 10.0. The average Bonchev–Trinajstić information content (AvgIpc) is 2.89. The maximum atomic E-state index is 9.64. The Balaban J connectivity index is 2.05. The van der Waals surface area contributed by atoms with Crippen molar-refractivity contribution in [3.63, 3.8) is 0 Å². The van der Waals surface area contributed by atoms with Gasteiger partial charge < -0.3 is 5.11 Å². The molecule has 0 amide bonds. The highest BCUT2D eigenvalue weighted by Crippen LogP contribution is 2.23. The Bertz CT molecular complexity index is 411. The molecule has 0 radical (unpaired) electrons. The fraction of sp³-hybridized carbons (Fsp3) is 0.786. The van der Waals surface area contributed by atoms with Gasteiger partial charge >= 0.3 is 0 Å². The van der Waals surface area contributed by atoms with Crippen LogP contribution >= 0.6 is 0 Å². The summed E-state index contributed by atoms with van der Waals surface area (Å²) in [5, 5.41) is 14.2. The smallest absolute Gasteiger partial charge is 0.0641 e. The molecule has 1 aromatic rings. The molecule has 0 aromatic carbocycles. The summed E-state index contributed by atoms with van der Waals surface area (Å²) in [4.78, 5) is 2.44. The van der Waals surface area contributed by atoms with Gasteiger partial charge in [-0.05, 0) is 46.6 Å². The lowest BCUT2D eigenvalue weighted by molar-refractivity contribution is 0.127. The van der Waals surface area contributed by atoms with E-state index in [0.29, 0.717) is 5.92 Å². The molecule has 1 aliphatic heterocycles. The van der Waals surface area contributed by atoms with Gasteiger partial charge in [0.15, 0.2) is 0 Å². The molecular formula is C14H25N3O. The minimum atomic E-state index is -0.185. The van der Waals surface area contributed by atoms with Gasteiger partial charge in [0.1, 0.15) is 0 Å². The van der Waals surface area contributed by atoms with Crippen molar-refractivity contribution in [3.05, 3.63) is 17.0 Å². The number of aliphatic hydroxyl groups is 1. The van der Waals surface area contributed by atoms with Crippen molar-refractivity contribution in [2.45, 2.75) is 53.3 Å². The summed E-state index contributed by atoms with van der Waals surface area (Å²) in [5.74, 6) is 0.437. The van der Waals surface area contributed by atoms with Crippen molar-refractivity contribution in [1.82, 2.24) is 14.7 Å². The molecule has 4 nitrogen and oxygen atoms in total. The van der Waals surface area contributed by atoms with Crippen LogP contribution in [-0.2, 0) is 13.1 Å². The second-order valence-corrected chi connectivity index (χ2v) is 5.49. The molecule has 1 aromatic heterocycles. The van der Waals surface area contributed by atoms with Crippen LogP contribution in [0.5, 0.6) is 0 Å². The number of aliphatic hydroxyl groups excluding tert-OH is 1. The Labute approximate surface area is 110 Å². The van der Waals surface area contributed by atoms with Crippen molar-refractivity contribution in [2.24, 2.45) is 5.92 Å². The topological polar surface area (TPSA) is 41.3 Å². The summed E-state index contributed by atoms with van der Waals surface area (Å²) in [6, 6.07) is 0. The van der Waals surface area contributed by atoms with Crippen LogP contribution in [0.25, 0.3) is 0 Å². The molecule has 18 heavy (non-hydrogen) atoms. The molecule has 0 saturated carbocycles. The molecule has 102 valence electrons. The SMILES string of the molecule is CCn1nc(C)c(CN2CCC(C(C)O)C2)c1C. The molecule has 2 unspecified atom stereocenters.